The van der Waals surface area contributed by atoms with Gasteiger partial charge >= 0.3 is 0 Å². The van der Waals surface area contributed by atoms with Crippen molar-refractivity contribution in [3.05, 3.63) is 77.7 Å². The summed E-state index contributed by atoms with van der Waals surface area (Å²) >= 11 is 0. The first kappa shape index (κ1) is 29.5. The zero-order chi connectivity index (χ0) is 27.9. The van der Waals surface area contributed by atoms with Crippen molar-refractivity contribution >= 4 is 31.9 Å². The smallest absolute Gasteiger partial charge is 0.243 e. The fourth-order valence-electron chi connectivity index (χ4n) is 4.03. The van der Waals surface area contributed by atoms with E-state index in [4.69, 9.17) is 0 Å². The van der Waals surface area contributed by atoms with Gasteiger partial charge in [-0.2, -0.15) is 4.31 Å². The van der Waals surface area contributed by atoms with Crippen LogP contribution in [-0.2, 0) is 42.6 Å². The lowest BCUT2D eigenvalue weighted by molar-refractivity contribution is -0.139. The summed E-state index contributed by atoms with van der Waals surface area (Å²) in [5.41, 5.74) is 1.53. The van der Waals surface area contributed by atoms with Gasteiger partial charge in [0.05, 0.1) is 11.3 Å². The third-order valence-corrected chi connectivity index (χ3v) is 9.24. The molecule has 1 atom stereocenters. The molecule has 0 spiro atoms. The molecule has 1 unspecified atom stereocenters. The highest BCUT2D eigenvalue weighted by molar-refractivity contribution is 7.92. The molecule has 0 aliphatic carbocycles. The van der Waals surface area contributed by atoms with Crippen LogP contribution in [0.2, 0.25) is 0 Å². The topological polar surface area (TPSA) is 124 Å². The molecule has 1 heterocycles. The zero-order valence-electron chi connectivity index (χ0n) is 21.6. The van der Waals surface area contributed by atoms with E-state index >= 15 is 0 Å². The van der Waals surface area contributed by atoms with Crippen LogP contribution < -0.4 is 4.72 Å². The van der Waals surface area contributed by atoms with E-state index in [0.29, 0.717) is 12.0 Å². The van der Waals surface area contributed by atoms with Gasteiger partial charge in [-0.3, -0.25) is 9.59 Å². The summed E-state index contributed by atoms with van der Waals surface area (Å²) in [4.78, 5) is 28.5. The van der Waals surface area contributed by atoms with Crippen molar-refractivity contribution in [1.29, 1.82) is 0 Å². The first-order valence-electron chi connectivity index (χ1n) is 12.1. The molecule has 38 heavy (non-hydrogen) atoms. The van der Waals surface area contributed by atoms with Crippen molar-refractivity contribution in [1.82, 2.24) is 18.8 Å². The third-order valence-electron chi connectivity index (χ3n) is 6.35. The lowest BCUT2D eigenvalue weighted by Gasteiger charge is -2.24. The Balaban J connectivity index is 1.65. The van der Waals surface area contributed by atoms with Gasteiger partial charge in [0.1, 0.15) is 6.54 Å². The Morgan fingerprint density at radius 3 is 2.26 bits per heavy atom. The molecule has 3 rings (SSSR count). The molecule has 1 fully saturated rings. The predicted molar refractivity (Wildman–Crippen MR) is 145 cm³/mol. The molecule has 206 valence electrons. The van der Waals surface area contributed by atoms with Gasteiger partial charge < -0.3 is 9.80 Å². The van der Waals surface area contributed by atoms with Gasteiger partial charge in [-0.1, -0.05) is 49.0 Å². The van der Waals surface area contributed by atoms with Crippen molar-refractivity contribution in [2.45, 2.75) is 24.3 Å². The molecule has 1 saturated heterocycles. The number of sulfonamides is 2. The van der Waals surface area contributed by atoms with Gasteiger partial charge in [-0.05, 0) is 35.6 Å². The second-order valence-electron chi connectivity index (χ2n) is 9.42. The predicted octanol–water partition coefficient (Wildman–Crippen LogP) is 1.42. The molecule has 1 aliphatic heterocycles. The molecule has 0 radical (unpaired) electrons. The van der Waals surface area contributed by atoms with Gasteiger partial charge in [0.2, 0.25) is 31.9 Å². The van der Waals surface area contributed by atoms with Crippen molar-refractivity contribution in [2.24, 2.45) is 5.92 Å². The second kappa shape index (κ2) is 12.7. The zero-order valence-corrected chi connectivity index (χ0v) is 23.2. The van der Waals surface area contributed by atoms with Gasteiger partial charge in [-0.25, -0.2) is 21.6 Å². The van der Waals surface area contributed by atoms with Gasteiger partial charge in [-0.15, -0.1) is 0 Å². The standard InChI is InChI=1S/C26H34N4O6S2/c1-4-37(33,34)27-17-23-14-15-30(19-23)38(35,36)24-12-10-21(11-13-24)16-25(31)29(20-26(32)28(2)3)18-22-8-6-5-7-9-22/h4-13,23,27H,1,14-20H2,2-3H3. The number of rotatable bonds is 12. The summed E-state index contributed by atoms with van der Waals surface area (Å²) in [6.45, 7) is 4.10. The molecular formula is C26H34N4O6S2. The van der Waals surface area contributed by atoms with E-state index in [0.717, 1.165) is 11.0 Å². The number of nitrogens with zero attached hydrogens (tertiary/aromatic N) is 3. The summed E-state index contributed by atoms with van der Waals surface area (Å²) in [5, 5.41) is 0.823. The molecule has 12 heteroatoms. The minimum Gasteiger partial charge on any atom is -0.347 e. The average molecular weight is 563 g/mol. The van der Waals surface area contributed by atoms with E-state index in [1.165, 1.54) is 26.2 Å². The minimum atomic E-state index is -3.77. The Morgan fingerprint density at radius 2 is 1.66 bits per heavy atom. The summed E-state index contributed by atoms with van der Waals surface area (Å²) in [5.74, 6) is -0.585. The number of carbonyl (C=O) groups excluding carboxylic acids is 2. The Morgan fingerprint density at radius 1 is 1.00 bits per heavy atom. The van der Waals surface area contributed by atoms with Crippen LogP contribution in [0.25, 0.3) is 0 Å². The number of likely N-dealkylation sites (N-methyl/N-ethyl adjacent to an activating group) is 1. The molecule has 0 bridgehead atoms. The number of amides is 2. The average Bonchev–Trinajstić information content (AvgIpc) is 3.38. The Hall–Kier alpha value is -3.06. The maximum atomic E-state index is 13.1. The van der Waals surface area contributed by atoms with Crippen LogP contribution in [0.3, 0.4) is 0 Å². The van der Waals surface area contributed by atoms with Crippen LogP contribution in [0.15, 0.2) is 71.5 Å². The van der Waals surface area contributed by atoms with Crippen LogP contribution in [0, 0.1) is 5.92 Å². The van der Waals surface area contributed by atoms with Crippen LogP contribution in [0.1, 0.15) is 17.5 Å². The molecule has 1 N–H and O–H groups in total. The van der Waals surface area contributed by atoms with E-state index < -0.39 is 20.0 Å². The highest BCUT2D eigenvalue weighted by Gasteiger charge is 2.33. The summed E-state index contributed by atoms with van der Waals surface area (Å²) < 4.78 is 53.1. The molecule has 2 aromatic rings. The summed E-state index contributed by atoms with van der Waals surface area (Å²) in [7, 11) is -4.07. The number of carbonyl (C=O) groups is 2. The molecule has 0 aromatic heterocycles. The Labute approximate surface area is 225 Å². The lowest BCUT2D eigenvalue weighted by atomic mass is 10.1. The van der Waals surface area contributed by atoms with Crippen molar-refractivity contribution in [3.63, 3.8) is 0 Å². The number of nitrogens with one attached hydrogen (secondary N) is 1. The van der Waals surface area contributed by atoms with Crippen LogP contribution in [0.5, 0.6) is 0 Å². The van der Waals surface area contributed by atoms with Gasteiger partial charge in [0.15, 0.2) is 0 Å². The van der Waals surface area contributed by atoms with E-state index in [1.807, 2.05) is 30.3 Å². The molecule has 10 nitrogen and oxygen atoms in total. The molecule has 2 amide bonds. The Bertz CT molecular complexity index is 1340. The number of hydrogen-bond donors (Lipinski definition) is 1. The maximum absolute atomic E-state index is 13.1. The first-order valence-corrected chi connectivity index (χ1v) is 15.1. The van der Waals surface area contributed by atoms with E-state index in [9.17, 15) is 26.4 Å². The molecule has 2 aromatic carbocycles. The highest BCUT2D eigenvalue weighted by atomic mass is 32.2. The van der Waals surface area contributed by atoms with Gasteiger partial charge in [0.25, 0.3) is 0 Å². The second-order valence-corrected chi connectivity index (χ2v) is 13.1. The quantitative estimate of drug-likeness (QED) is 0.417. The lowest BCUT2D eigenvalue weighted by Crippen LogP contribution is -2.40. The summed E-state index contributed by atoms with van der Waals surface area (Å²) in [6.07, 6.45) is 0.553. The van der Waals surface area contributed by atoms with E-state index in [-0.39, 0.29) is 61.8 Å². The number of hydrogen-bond acceptors (Lipinski definition) is 6. The molecule has 0 saturated carbocycles. The normalized spacial score (nSPS) is 16.2. The number of benzene rings is 2. The fraction of sp³-hybridized carbons (Fsp3) is 0.385. The van der Waals surface area contributed by atoms with Crippen LogP contribution in [-0.4, -0.2) is 83.0 Å². The monoisotopic (exact) mass is 562 g/mol. The molecular weight excluding hydrogens is 528 g/mol. The van der Waals surface area contributed by atoms with E-state index in [2.05, 4.69) is 11.3 Å². The third kappa shape index (κ3) is 7.97. The summed E-state index contributed by atoms with van der Waals surface area (Å²) in [6, 6.07) is 15.5. The van der Waals surface area contributed by atoms with Crippen LogP contribution >= 0.6 is 0 Å². The SMILES string of the molecule is C=CS(=O)(=O)NCC1CCN(S(=O)(=O)c2ccc(CC(=O)N(CC(=O)N(C)C)Cc3ccccc3)cc2)C1. The minimum absolute atomic E-state index is 0.0170. The Kier molecular flexibility index (Phi) is 9.82. The fourth-order valence-corrected chi connectivity index (χ4v) is 6.15. The first-order chi connectivity index (χ1) is 17.9. The van der Waals surface area contributed by atoms with Crippen LogP contribution in [0.4, 0.5) is 0 Å². The van der Waals surface area contributed by atoms with Crippen molar-refractivity contribution in [3.8, 4) is 0 Å². The van der Waals surface area contributed by atoms with E-state index in [1.54, 1.807) is 26.2 Å². The maximum Gasteiger partial charge on any atom is 0.243 e. The molecule has 1 aliphatic rings. The highest BCUT2D eigenvalue weighted by Crippen LogP contribution is 2.24. The van der Waals surface area contributed by atoms with Crippen molar-refractivity contribution < 1.29 is 26.4 Å². The van der Waals surface area contributed by atoms with Crippen molar-refractivity contribution in [2.75, 3.05) is 40.3 Å². The largest absolute Gasteiger partial charge is 0.347 e. The van der Waals surface area contributed by atoms with Gasteiger partial charge in [0, 0.05) is 45.7 Å².